The normalized spacial score (nSPS) is 14.2. The molecule has 3 nitrogen and oxygen atoms in total. The van der Waals surface area contributed by atoms with Gasteiger partial charge in [-0.1, -0.05) is 168 Å². The van der Waals surface area contributed by atoms with Crippen LogP contribution in [0.15, 0.2) is 182 Å². The lowest BCUT2D eigenvalue weighted by Crippen LogP contribution is -2.57. The van der Waals surface area contributed by atoms with Crippen LogP contribution < -0.4 is 30.9 Å². The zero-order chi connectivity index (χ0) is 42.3. The summed E-state index contributed by atoms with van der Waals surface area (Å²) in [7, 11) is 0. The second-order valence-corrected chi connectivity index (χ2v) is 18.2. The lowest BCUT2D eigenvalue weighted by Gasteiger charge is -2.51. The molecule has 3 aliphatic heterocycles. The Kier molecular flexibility index (Phi) is 9.05. The van der Waals surface area contributed by atoms with Crippen LogP contribution in [0.2, 0.25) is 0 Å². The van der Waals surface area contributed by atoms with Crippen molar-refractivity contribution in [3.05, 3.63) is 221 Å². The van der Waals surface area contributed by atoms with Gasteiger partial charge >= 0.3 is 0 Å². The Bertz CT molecular complexity index is 2900. The molecule has 0 saturated heterocycles. The third-order valence-corrected chi connectivity index (χ3v) is 13.7. The fourth-order valence-electron chi connectivity index (χ4n) is 11.0. The maximum Gasteiger partial charge on any atom is 0.251 e. The van der Waals surface area contributed by atoms with E-state index in [0.29, 0.717) is 17.8 Å². The van der Waals surface area contributed by atoms with E-state index in [1.54, 1.807) is 0 Å². The minimum absolute atomic E-state index is 0.00593. The third kappa shape index (κ3) is 5.58. The Morgan fingerprint density at radius 2 is 0.839 bits per heavy atom. The van der Waals surface area contributed by atoms with Gasteiger partial charge in [-0.3, -0.25) is 0 Å². The molecule has 0 amide bonds. The Morgan fingerprint density at radius 1 is 0.403 bits per heavy atom. The van der Waals surface area contributed by atoms with Crippen LogP contribution in [-0.2, 0) is 5.41 Å². The number of rotatable bonds is 6. The molecule has 3 aliphatic rings. The second kappa shape index (κ2) is 14.7. The summed E-state index contributed by atoms with van der Waals surface area (Å²) in [4.78, 5) is 4.96. The molecule has 0 N–H and O–H groups in total. The topological polar surface area (TPSA) is 15.7 Å². The van der Waals surface area contributed by atoms with Gasteiger partial charge in [0.15, 0.2) is 0 Å². The molecule has 8 aromatic carbocycles. The van der Waals surface area contributed by atoms with E-state index in [-0.39, 0.29) is 6.71 Å². The number of hydrogen-bond acceptors (Lipinski definition) is 3. The molecule has 8 aromatic rings. The van der Waals surface area contributed by atoms with E-state index in [9.17, 15) is 0 Å². The van der Waals surface area contributed by atoms with Gasteiger partial charge in [0.1, 0.15) is 11.5 Å². The zero-order valence-electron chi connectivity index (χ0n) is 36.4. The van der Waals surface area contributed by atoms with Gasteiger partial charge in [-0.25, -0.2) is 0 Å². The van der Waals surface area contributed by atoms with E-state index in [0.717, 1.165) is 22.9 Å². The fourth-order valence-corrected chi connectivity index (χ4v) is 11.0. The second-order valence-electron chi connectivity index (χ2n) is 18.2. The number of anilines is 6. The monoisotopic (exact) mass is 802 g/mol. The summed E-state index contributed by atoms with van der Waals surface area (Å²) in [5.74, 6) is 2.98. The molecule has 11 rings (SSSR count). The van der Waals surface area contributed by atoms with Crippen LogP contribution in [0.5, 0.6) is 11.5 Å². The number of benzene rings is 8. The predicted molar refractivity (Wildman–Crippen MR) is 261 cm³/mol. The van der Waals surface area contributed by atoms with Crippen molar-refractivity contribution in [3.63, 3.8) is 0 Å². The SMILES string of the molecule is CC(C)c1cc(C(C)C)c(B2c3ccccc3Oc3ccc(N4c5ccccc5C5(c6ccccc6N(c6ccccc6)c6ccccc65)c5ccccc54)cc32)c(C(C)C)c1. The minimum atomic E-state index is -0.586. The first-order valence-corrected chi connectivity index (χ1v) is 22.4. The highest BCUT2D eigenvalue weighted by molar-refractivity contribution is 6.97. The van der Waals surface area contributed by atoms with E-state index >= 15 is 0 Å². The first kappa shape index (κ1) is 38.2. The zero-order valence-corrected chi connectivity index (χ0v) is 36.4. The molecule has 0 radical (unpaired) electrons. The van der Waals surface area contributed by atoms with E-state index < -0.39 is 5.41 Å². The molecule has 3 heterocycles. The molecule has 0 aromatic heterocycles. The third-order valence-electron chi connectivity index (χ3n) is 13.7. The van der Waals surface area contributed by atoms with Crippen LogP contribution in [0.25, 0.3) is 0 Å². The summed E-state index contributed by atoms with van der Waals surface area (Å²) in [6.45, 7) is 14.0. The van der Waals surface area contributed by atoms with Crippen LogP contribution in [0.1, 0.15) is 98.2 Å². The Morgan fingerprint density at radius 3 is 1.34 bits per heavy atom. The van der Waals surface area contributed by atoms with Crippen LogP contribution >= 0.6 is 0 Å². The number of para-hydroxylation sites is 6. The summed E-state index contributed by atoms with van der Waals surface area (Å²) < 4.78 is 6.86. The standard InChI is InChI=1S/C58H51BN2O/c1-37(2)40-34-43(38(3)4)57(44(35-40)39(5)6)59-49-26-14-19-31-55(49)62-56-33-32-42(36-50(56)59)61-53-29-17-12-24-47(53)58(48-25-13-18-30-54(48)61)45-22-10-15-27-51(45)60(41-20-8-7-9-21-41)52-28-16-11-23-46(52)58/h7-39H,1-6H3. The highest BCUT2D eigenvalue weighted by Gasteiger charge is 2.52. The summed E-state index contributed by atoms with van der Waals surface area (Å²) in [5.41, 5.74) is 19.5. The van der Waals surface area contributed by atoms with Gasteiger partial charge in [-0.15, -0.1) is 0 Å². The Hall–Kier alpha value is -6.78. The van der Waals surface area contributed by atoms with Crippen LogP contribution in [0, 0.1) is 0 Å². The average Bonchev–Trinajstić information content (AvgIpc) is 3.30. The average molecular weight is 803 g/mol. The van der Waals surface area contributed by atoms with Gasteiger partial charge in [0.05, 0.1) is 28.2 Å². The van der Waals surface area contributed by atoms with Crippen molar-refractivity contribution in [2.24, 2.45) is 0 Å². The minimum Gasteiger partial charge on any atom is -0.458 e. The van der Waals surface area contributed by atoms with E-state index in [1.165, 1.54) is 78.1 Å². The van der Waals surface area contributed by atoms with Gasteiger partial charge in [-0.2, -0.15) is 0 Å². The van der Waals surface area contributed by atoms with Gasteiger partial charge < -0.3 is 14.5 Å². The van der Waals surface area contributed by atoms with Crippen LogP contribution in [0.4, 0.5) is 34.1 Å². The van der Waals surface area contributed by atoms with Gasteiger partial charge in [-0.05, 0) is 128 Å². The van der Waals surface area contributed by atoms with Crippen molar-refractivity contribution < 1.29 is 4.74 Å². The Labute approximate surface area is 367 Å². The van der Waals surface area contributed by atoms with E-state index in [4.69, 9.17) is 4.74 Å². The molecule has 302 valence electrons. The summed E-state index contributed by atoms with van der Waals surface area (Å²) in [5, 5.41) is 0. The maximum atomic E-state index is 6.86. The van der Waals surface area contributed by atoms with Crippen LogP contribution in [0.3, 0.4) is 0 Å². The van der Waals surface area contributed by atoms with Crippen molar-refractivity contribution in [1.82, 2.24) is 0 Å². The maximum absolute atomic E-state index is 6.86. The highest BCUT2D eigenvalue weighted by atomic mass is 16.5. The molecule has 0 bridgehead atoms. The lowest BCUT2D eigenvalue weighted by molar-refractivity contribution is 0.487. The molecule has 0 aliphatic carbocycles. The molecule has 62 heavy (non-hydrogen) atoms. The Balaban J connectivity index is 1.16. The van der Waals surface area contributed by atoms with E-state index in [1.807, 2.05) is 0 Å². The molecule has 0 saturated carbocycles. The molecule has 4 heteroatoms. The van der Waals surface area contributed by atoms with Crippen molar-refractivity contribution >= 4 is 57.2 Å². The fraction of sp³-hybridized carbons (Fsp3) is 0.172. The summed E-state index contributed by atoms with van der Waals surface area (Å²) in [6, 6.07) is 67.7. The van der Waals surface area contributed by atoms with Crippen LogP contribution in [-0.4, -0.2) is 6.71 Å². The number of fused-ring (bicyclic) bond motifs is 10. The lowest BCUT2D eigenvalue weighted by atomic mass is 9.34. The first-order valence-electron chi connectivity index (χ1n) is 22.4. The molecular formula is C58H51BN2O. The van der Waals surface area contributed by atoms with Crippen molar-refractivity contribution in [1.29, 1.82) is 0 Å². The van der Waals surface area contributed by atoms with Crippen molar-refractivity contribution in [3.8, 4) is 11.5 Å². The van der Waals surface area contributed by atoms with Gasteiger partial charge in [0.25, 0.3) is 6.71 Å². The molecule has 0 atom stereocenters. The smallest absolute Gasteiger partial charge is 0.251 e. The summed E-state index contributed by atoms with van der Waals surface area (Å²) in [6.07, 6.45) is 0. The molecule has 0 unspecified atom stereocenters. The molecule has 1 spiro atoms. The number of nitrogens with zero attached hydrogens (tertiary/aromatic N) is 2. The quantitative estimate of drug-likeness (QED) is 0.156. The predicted octanol–water partition coefficient (Wildman–Crippen LogP) is 13.6. The summed E-state index contributed by atoms with van der Waals surface area (Å²) >= 11 is 0. The molecule has 0 fully saturated rings. The molecular weight excluding hydrogens is 751 g/mol. The number of hydrogen-bond donors (Lipinski definition) is 0. The van der Waals surface area contributed by atoms with Gasteiger partial charge in [0, 0.05) is 11.4 Å². The largest absolute Gasteiger partial charge is 0.458 e. The van der Waals surface area contributed by atoms with Crippen molar-refractivity contribution in [2.75, 3.05) is 9.80 Å². The van der Waals surface area contributed by atoms with E-state index in [2.05, 4.69) is 233 Å². The number of ether oxygens (including phenoxy) is 1. The van der Waals surface area contributed by atoms with Crippen molar-refractivity contribution in [2.45, 2.75) is 64.7 Å². The van der Waals surface area contributed by atoms with Gasteiger partial charge in [0.2, 0.25) is 0 Å². The highest BCUT2D eigenvalue weighted by Crippen LogP contribution is 2.63. The first-order chi connectivity index (χ1) is 30.3.